The Kier molecular flexibility index (Phi) is 4.39. The van der Waals surface area contributed by atoms with Gasteiger partial charge in [-0.1, -0.05) is 0 Å². The fourth-order valence-corrected chi connectivity index (χ4v) is 2.59. The van der Waals surface area contributed by atoms with Crippen molar-refractivity contribution in [1.29, 1.82) is 0 Å². The fourth-order valence-electron chi connectivity index (χ4n) is 2.16. The summed E-state index contributed by atoms with van der Waals surface area (Å²) in [6, 6.07) is 3.76. The van der Waals surface area contributed by atoms with Crippen LogP contribution in [0.5, 0.6) is 0 Å². The summed E-state index contributed by atoms with van der Waals surface area (Å²) in [6.45, 7) is 0.524. The van der Waals surface area contributed by atoms with Crippen molar-refractivity contribution in [3.63, 3.8) is 0 Å². The molecular formula is C13H13BrFNO4. The topological polar surface area (TPSA) is 75.6 Å². The van der Waals surface area contributed by atoms with Crippen molar-refractivity contribution in [2.45, 2.75) is 18.4 Å². The van der Waals surface area contributed by atoms with Crippen LogP contribution < -0.4 is 5.32 Å². The second kappa shape index (κ2) is 5.88. The summed E-state index contributed by atoms with van der Waals surface area (Å²) in [4.78, 5) is 23.1. The zero-order valence-electron chi connectivity index (χ0n) is 10.5. The Morgan fingerprint density at radius 2 is 2.25 bits per heavy atom. The highest BCUT2D eigenvalue weighted by Crippen LogP contribution is 2.25. The molecule has 1 aliphatic rings. The number of ether oxygens (including phenoxy) is 1. The Balaban J connectivity index is 2.20. The van der Waals surface area contributed by atoms with Crippen LogP contribution in [0.1, 0.15) is 23.2 Å². The van der Waals surface area contributed by atoms with Crippen molar-refractivity contribution in [3.05, 3.63) is 34.1 Å². The predicted molar refractivity (Wildman–Crippen MR) is 72.0 cm³/mol. The van der Waals surface area contributed by atoms with E-state index in [0.29, 0.717) is 17.5 Å². The van der Waals surface area contributed by atoms with Crippen LogP contribution in [-0.4, -0.2) is 35.7 Å². The van der Waals surface area contributed by atoms with E-state index in [1.165, 1.54) is 12.1 Å². The van der Waals surface area contributed by atoms with E-state index in [9.17, 15) is 14.0 Å². The summed E-state index contributed by atoms with van der Waals surface area (Å²) < 4.78 is 18.8. The van der Waals surface area contributed by atoms with E-state index in [0.717, 1.165) is 6.07 Å². The highest BCUT2D eigenvalue weighted by Gasteiger charge is 2.39. The molecule has 1 saturated heterocycles. The normalized spacial score (nSPS) is 21.7. The summed E-state index contributed by atoms with van der Waals surface area (Å²) in [5.41, 5.74) is -0.809. The fraction of sp³-hybridized carbons (Fsp3) is 0.385. The first kappa shape index (κ1) is 14.9. The van der Waals surface area contributed by atoms with E-state index in [1.54, 1.807) is 0 Å². The van der Waals surface area contributed by atoms with Gasteiger partial charge in [0.25, 0.3) is 5.91 Å². The average molecular weight is 346 g/mol. The third kappa shape index (κ3) is 3.34. The maximum absolute atomic E-state index is 13.2. The van der Waals surface area contributed by atoms with Crippen molar-refractivity contribution in [1.82, 2.24) is 5.32 Å². The first-order valence-corrected chi connectivity index (χ1v) is 6.78. The molecule has 5 nitrogen and oxygen atoms in total. The maximum atomic E-state index is 13.2. The van der Waals surface area contributed by atoms with E-state index in [1.807, 2.05) is 0 Å². The van der Waals surface area contributed by atoms with E-state index in [2.05, 4.69) is 21.2 Å². The van der Waals surface area contributed by atoms with E-state index < -0.39 is 23.2 Å². The van der Waals surface area contributed by atoms with Gasteiger partial charge in [0.1, 0.15) is 5.82 Å². The Morgan fingerprint density at radius 3 is 2.85 bits per heavy atom. The predicted octanol–water partition coefficient (Wildman–Crippen LogP) is 1.95. The molecule has 1 unspecified atom stereocenters. The van der Waals surface area contributed by atoms with Crippen LogP contribution in [0.25, 0.3) is 0 Å². The number of carbonyl (C=O) groups excluding carboxylic acids is 1. The van der Waals surface area contributed by atoms with Crippen LogP contribution in [0, 0.1) is 5.82 Å². The lowest BCUT2D eigenvalue weighted by Crippen LogP contribution is -2.50. The Bertz CT molecular complexity index is 543. The zero-order valence-corrected chi connectivity index (χ0v) is 12.1. The minimum Gasteiger partial charge on any atom is -0.481 e. The number of carboxylic acid groups (broad SMARTS) is 1. The van der Waals surface area contributed by atoms with Crippen LogP contribution in [0.3, 0.4) is 0 Å². The summed E-state index contributed by atoms with van der Waals surface area (Å²) in [7, 11) is 0. The van der Waals surface area contributed by atoms with E-state index in [-0.39, 0.29) is 18.6 Å². The van der Waals surface area contributed by atoms with Crippen molar-refractivity contribution < 1.29 is 23.8 Å². The molecular weight excluding hydrogens is 333 g/mol. The molecule has 0 aliphatic carbocycles. The quantitative estimate of drug-likeness (QED) is 0.874. The largest absolute Gasteiger partial charge is 0.481 e. The number of hydrogen-bond acceptors (Lipinski definition) is 3. The monoisotopic (exact) mass is 345 g/mol. The highest BCUT2D eigenvalue weighted by atomic mass is 79.9. The van der Waals surface area contributed by atoms with Crippen molar-refractivity contribution in [2.75, 3.05) is 13.2 Å². The number of amides is 1. The number of halogens is 2. The first-order valence-electron chi connectivity index (χ1n) is 5.99. The minimum absolute atomic E-state index is 0.127. The molecule has 108 valence electrons. The minimum atomic E-state index is -1.02. The lowest BCUT2D eigenvalue weighted by atomic mass is 9.93. The zero-order chi connectivity index (χ0) is 14.8. The van der Waals surface area contributed by atoms with Gasteiger partial charge in [-0.2, -0.15) is 0 Å². The molecule has 1 aromatic rings. The third-order valence-electron chi connectivity index (χ3n) is 3.14. The van der Waals surface area contributed by atoms with Crippen LogP contribution in [0.15, 0.2) is 22.7 Å². The van der Waals surface area contributed by atoms with Crippen LogP contribution in [-0.2, 0) is 9.53 Å². The average Bonchev–Trinajstić information content (AvgIpc) is 2.79. The van der Waals surface area contributed by atoms with Gasteiger partial charge < -0.3 is 15.2 Å². The molecule has 0 spiro atoms. The second-order valence-electron chi connectivity index (χ2n) is 4.73. The van der Waals surface area contributed by atoms with Gasteiger partial charge in [0.15, 0.2) is 0 Å². The number of nitrogens with one attached hydrogen (secondary N) is 1. The molecule has 0 aromatic heterocycles. The van der Waals surface area contributed by atoms with Gasteiger partial charge in [-0.25, -0.2) is 4.39 Å². The van der Waals surface area contributed by atoms with Gasteiger partial charge >= 0.3 is 5.97 Å². The van der Waals surface area contributed by atoms with Crippen molar-refractivity contribution in [3.8, 4) is 0 Å². The molecule has 1 heterocycles. The van der Waals surface area contributed by atoms with Crippen molar-refractivity contribution in [2.24, 2.45) is 0 Å². The molecule has 2 rings (SSSR count). The van der Waals surface area contributed by atoms with Crippen LogP contribution in [0.4, 0.5) is 4.39 Å². The SMILES string of the molecule is O=C(O)CC1(NC(=O)c2cc(F)ccc2Br)CCOC1. The first-order chi connectivity index (χ1) is 9.42. The molecule has 0 saturated carbocycles. The molecule has 7 heteroatoms. The molecule has 2 N–H and O–H groups in total. The van der Waals surface area contributed by atoms with Crippen LogP contribution >= 0.6 is 15.9 Å². The lowest BCUT2D eigenvalue weighted by Gasteiger charge is -2.27. The molecule has 0 bridgehead atoms. The number of carboxylic acids is 1. The molecule has 1 amide bonds. The van der Waals surface area contributed by atoms with Crippen LogP contribution in [0.2, 0.25) is 0 Å². The second-order valence-corrected chi connectivity index (χ2v) is 5.59. The molecule has 0 radical (unpaired) electrons. The Morgan fingerprint density at radius 1 is 1.50 bits per heavy atom. The third-order valence-corrected chi connectivity index (χ3v) is 3.84. The van der Waals surface area contributed by atoms with E-state index in [4.69, 9.17) is 9.84 Å². The molecule has 1 aromatic carbocycles. The smallest absolute Gasteiger partial charge is 0.305 e. The van der Waals surface area contributed by atoms with Gasteiger partial charge in [-0.15, -0.1) is 0 Å². The number of hydrogen-bond donors (Lipinski definition) is 2. The summed E-state index contributed by atoms with van der Waals surface area (Å²) in [6.07, 6.45) is 0.184. The number of rotatable bonds is 4. The van der Waals surface area contributed by atoms with Gasteiger partial charge in [0.2, 0.25) is 0 Å². The number of benzene rings is 1. The standard InChI is InChI=1S/C13H13BrFNO4/c14-10-2-1-8(15)5-9(10)12(19)16-13(6-11(17)18)3-4-20-7-13/h1-2,5H,3-4,6-7H2,(H,16,19)(H,17,18). The lowest BCUT2D eigenvalue weighted by molar-refractivity contribution is -0.138. The van der Waals surface area contributed by atoms with Gasteiger partial charge in [-0.3, -0.25) is 9.59 Å². The summed E-state index contributed by atoms with van der Waals surface area (Å²) in [5.74, 6) is -2.08. The molecule has 1 fully saturated rings. The van der Waals surface area contributed by atoms with Crippen molar-refractivity contribution >= 4 is 27.8 Å². The van der Waals surface area contributed by atoms with E-state index >= 15 is 0 Å². The van der Waals surface area contributed by atoms with Gasteiger partial charge in [-0.05, 0) is 40.5 Å². The molecule has 20 heavy (non-hydrogen) atoms. The Labute approximate surface area is 123 Å². The molecule has 1 aliphatic heterocycles. The van der Waals surface area contributed by atoms with Gasteiger partial charge in [0.05, 0.1) is 24.1 Å². The maximum Gasteiger partial charge on any atom is 0.305 e. The highest BCUT2D eigenvalue weighted by molar-refractivity contribution is 9.10. The Hall–Kier alpha value is -1.47. The number of aliphatic carboxylic acids is 1. The summed E-state index contributed by atoms with van der Waals surface area (Å²) in [5, 5.41) is 11.6. The van der Waals surface area contributed by atoms with Gasteiger partial charge in [0, 0.05) is 11.1 Å². The number of carbonyl (C=O) groups is 2. The summed E-state index contributed by atoms with van der Waals surface area (Å²) >= 11 is 3.17. The molecule has 1 atom stereocenters.